The first-order valence-corrected chi connectivity index (χ1v) is 8.33. The molecule has 0 radical (unpaired) electrons. The van der Waals surface area contributed by atoms with Crippen LogP contribution in [-0.2, 0) is 10.0 Å². The van der Waals surface area contributed by atoms with Crippen molar-refractivity contribution >= 4 is 15.7 Å². The van der Waals surface area contributed by atoms with Gasteiger partial charge in [-0.25, -0.2) is 17.8 Å². The Kier molecular flexibility index (Phi) is 3.85. The average Bonchev–Trinajstić information content (AvgIpc) is 2.54. The number of pyridine rings is 1. The predicted octanol–water partition coefficient (Wildman–Crippen LogP) is 2.13. The highest BCUT2D eigenvalue weighted by Crippen LogP contribution is 2.35. The second-order valence-electron chi connectivity index (χ2n) is 5.06. The van der Waals surface area contributed by atoms with Crippen molar-refractivity contribution in [2.75, 3.05) is 24.6 Å². The summed E-state index contributed by atoms with van der Waals surface area (Å²) in [5.41, 5.74) is 1.19. The van der Waals surface area contributed by atoms with E-state index in [4.69, 9.17) is 9.47 Å². The van der Waals surface area contributed by atoms with E-state index < -0.39 is 15.8 Å². The van der Waals surface area contributed by atoms with E-state index in [0.717, 1.165) is 11.6 Å². The number of halogens is 1. The van der Waals surface area contributed by atoms with Crippen LogP contribution in [0, 0.1) is 12.7 Å². The fourth-order valence-corrected chi connectivity index (χ4v) is 3.81. The molecule has 0 saturated heterocycles. The third-order valence-electron chi connectivity index (χ3n) is 3.48. The largest absolute Gasteiger partial charge is 0.494 e. The highest BCUT2D eigenvalue weighted by molar-refractivity contribution is 7.92. The van der Waals surface area contributed by atoms with Crippen LogP contribution >= 0.6 is 0 Å². The van der Waals surface area contributed by atoms with E-state index in [2.05, 4.69) is 4.98 Å². The molecule has 2 heterocycles. The van der Waals surface area contributed by atoms with Gasteiger partial charge in [-0.05, 0) is 30.7 Å². The minimum absolute atomic E-state index is 0.0508. The van der Waals surface area contributed by atoms with Crippen LogP contribution in [0.2, 0.25) is 0 Å². The van der Waals surface area contributed by atoms with Crippen molar-refractivity contribution in [3.05, 3.63) is 41.8 Å². The van der Waals surface area contributed by atoms with E-state index in [9.17, 15) is 12.8 Å². The molecule has 1 aromatic carbocycles. The Hall–Kier alpha value is -2.35. The van der Waals surface area contributed by atoms with Crippen molar-refractivity contribution < 1.29 is 22.3 Å². The lowest BCUT2D eigenvalue weighted by Crippen LogP contribution is -2.38. The smallest absolute Gasteiger partial charge is 0.264 e. The fraction of sp³-hybridized carbons (Fsp3) is 0.267. The number of fused-ring (bicyclic) bond motifs is 1. The molecular formula is C15H15FN2O4S. The number of aryl methyl sites for hydroxylation is 1. The molecule has 0 bridgehead atoms. The van der Waals surface area contributed by atoms with E-state index in [0.29, 0.717) is 5.69 Å². The number of rotatable bonds is 3. The summed E-state index contributed by atoms with van der Waals surface area (Å²) in [6.07, 6.45) is 1.61. The molecule has 3 rings (SSSR count). The average molecular weight is 338 g/mol. The van der Waals surface area contributed by atoms with Gasteiger partial charge in [0.25, 0.3) is 10.0 Å². The minimum Gasteiger partial charge on any atom is -0.494 e. The normalized spacial score (nSPS) is 14.1. The van der Waals surface area contributed by atoms with Gasteiger partial charge in [-0.3, -0.25) is 4.31 Å². The van der Waals surface area contributed by atoms with Crippen LogP contribution in [0.4, 0.5) is 10.1 Å². The lowest BCUT2D eigenvalue weighted by molar-refractivity contribution is 0.303. The van der Waals surface area contributed by atoms with Crippen LogP contribution < -0.4 is 13.8 Å². The second-order valence-corrected chi connectivity index (χ2v) is 6.92. The maximum atomic E-state index is 13.5. The molecule has 0 spiro atoms. The molecule has 1 aromatic heterocycles. The molecule has 1 aliphatic heterocycles. The van der Waals surface area contributed by atoms with Crippen molar-refractivity contribution in [1.82, 2.24) is 4.98 Å². The van der Waals surface area contributed by atoms with Gasteiger partial charge in [0.15, 0.2) is 11.6 Å². The summed E-state index contributed by atoms with van der Waals surface area (Å²) in [5.74, 6) is -0.479. The van der Waals surface area contributed by atoms with Gasteiger partial charge in [0.05, 0.1) is 18.6 Å². The third kappa shape index (κ3) is 2.70. The summed E-state index contributed by atoms with van der Waals surface area (Å²) < 4.78 is 50.8. The Bertz CT molecular complexity index is 855. The number of hydrogen-bond acceptors (Lipinski definition) is 5. The molecular weight excluding hydrogens is 323 g/mol. The van der Waals surface area contributed by atoms with Gasteiger partial charge in [-0.15, -0.1) is 0 Å². The van der Waals surface area contributed by atoms with Crippen LogP contribution in [0.1, 0.15) is 5.56 Å². The van der Waals surface area contributed by atoms with Gasteiger partial charge in [0.1, 0.15) is 12.3 Å². The first kappa shape index (κ1) is 15.5. The molecule has 122 valence electrons. The predicted molar refractivity (Wildman–Crippen MR) is 82.0 cm³/mol. The van der Waals surface area contributed by atoms with Crippen molar-refractivity contribution in [2.24, 2.45) is 0 Å². The summed E-state index contributed by atoms with van der Waals surface area (Å²) in [6, 6.07) is 5.15. The molecule has 0 saturated carbocycles. The summed E-state index contributed by atoms with van der Waals surface area (Å²) in [5, 5.41) is 0. The van der Waals surface area contributed by atoms with Crippen molar-refractivity contribution in [2.45, 2.75) is 11.8 Å². The van der Waals surface area contributed by atoms with Crippen molar-refractivity contribution in [3.63, 3.8) is 0 Å². The minimum atomic E-state index is -3.87. The summed E-state index contributed by atoms with van der Waals surface area (Å²) >= 11 is 0. The highest BCUT2D eigenvalue weighted by atomic mass is 32.2. The van der Waals surface area contributed by atoms with Crippen LogP contribution in [0.15, 0.2) is 35.4 Å². The SMILES string of the molecule is COc1cc(S(=O)(=O)N2CCOc3ncc(C)cc32)ccc1F. The van der Waals surface area contributed by atoms with Gasteiger partial charge in [0.2, 0.25) is 5.88 Å². The van der Waals surface area contributed by atoms with Crippen LogP contribution in [-0.4, -0.2) is 33.7 Å². The molecule has 6 nitrogen and oxygen atoms in total. The molecule has 0 aliphatic carbocycles. The number of hydrogen-bond donors (Lipinski definition) is 0. The fourth-order valence-electron chi connectivity index (χ4n) is 2.35. The van der Waals surface area contributed by atoms with E-state index in [1.54, 1.807) is 12.3 Å². The molecule has 0 fully saturated rings. The number of sulfonamides is 1. The van der Waals surface area contributed by atoms with Gasteiger partial charge >= 0.3 is 0 Å². The maximum absolute atomic E-state index is 13.5. The standard InChI is InChI=1S/C15H15FN2O4S/c1-10-7-13-15(17-9-10)22-6-5-18(13)23(19,20)11-3-4-12(16)14(8-11)21-2/h3-4,7-9H,5-6H2,1-2H3. The first-order chi connectivity index (χ1) is 10.9. The van der Waals surface area contributed by atoms with Gasteiger partial charge in [-0.2, -0.15) is 0 Å². The monoisotopic (exact) mass is 338 g/mol. The topological polar surface area (TPSA) is 68.7 Å². The Morgan fingerprint density at radius 2 is 2.13 bits per heavy atom. The number of benzene rings is 1. The molecule has 2 aromatic rings. The summed E-state index contributed by atoms with van der Waals surface area (Å²) in [4.78, 5) is 4.06. The van der Waals surface area contributed by atoms with Gasteiger partial charge in [0, 0.05) is 12.3 Å². The van der Waals surface area contributed by atoms with Crippen LogP contribution in [0.25, 0.3) is 0 Å². The molecule has 0 unspecified atom stereocenters. The zero-order valence-electron chi connectivity index (χ0n) is 12.6. The lowest BCUT2D eigenvalue weighted by Gasteiger charge is -2.29. The van der Waals surface area contributed by atoms with Crippen LogP contribution in [0.3, 0.4) is 0 Å². The van der Waals surface area contributed by atoms with Gasteiger partial charge < -0.3 is 9.47 Å². The van der Waals surface area contributed by atoms with Crippen LogP contribution in [0.5, 0.6) is 11.6 Å². The third-order valence-corrected chi connectivity index (χ3v) is 5.29. The highest BCUT2D eigenvalue weighted by Gasteiger charge is 2.31. The molecule has 0 N–H and O–H groups in total. The number of anilines is 1. The Labute approximate surface area is 133 Å². The number of nitrogens with zero attached hydrogens (tertiary/aromatic N) is 2. The quantitative estimate of drug-likeness (QED) is 0.857. The number of methoxy groups -OCH3 is 1. The van der Waals surface area contributed by atoms with Crippen molar-refractivity contribution in [1.29, 1.82) is 0 Å². The van der Waals surface area contributed by atoms with E-state index in [-0.39, 0.29) is 29.7 Å². The Morgan fingerprint density at radius 3 is 2.87 bits per heavy atom. The molecule has 1 aliphatic rings. The molecule has 8 heteroatoms. The zero-order chi connectivity index (χ0) is 16.6. The molecule has 23 heavy (non-hydrogen) atoms. The number of aromatic nitrogens is 1. The maximum Gasteiger partial charge on any atom is 0.264 e. The first-order valence-electron chi connectivity index (χ1n) is 6.89. The van der Waals surface area contributed by atoms with Crippen molar-refractivity contribution in [3.8, 4) is 11.6 Å². The molecule has 0 amide bonds. The lowest BCUT2D eigenvalue weighted by atomic mass is 10.3. The Morgan fingerprint density at radius 1 is 1.35 bits per heavy atom. The number of ether oxygens (including phenoxy) is 2. The Balaban J connectivity index is 2.10. The second kappa shape index (κ2) is 5.69. The van der Waals surface area contributed by atoms with E-state index in [1.165, 1.54) is 23.5 Å². The van der Waals surface area contributed by atoms with E-state index in [1.807, 2.05) is 6.92 Å². The van der Waals surface area contributed by atoms with E-state index >= 15 is 0 Å². The zero-order valence-corrected chi connectivity index (χ0v) is 13.4. The summed E-state index contributed by atoms with van der Waals surface area (Å²) in [6.45, 7) is 2.16. The summed E-state index contributed by atoms with van der Waals surface area (Å²) in [7, 11) is -2.59. The van der Waals surface area contributed by atoms with Gasteiger partial charge in [-0.1, -0.05) is 0 Å². The molecule has 0 atom stereocenters.